The van der Waals surface area contributed by atoms with Gasteiger partial charge in [-0.1, -0.05) is 173 Å². The van der Waals surface area contributed by atoms with E-state index in [1.165, 1.54) is 73.4 Å². The van der Waals surface area contributed by atoms with Gasteiger partial charge < -0.3 is 19.1 Å². The van der Waals surface area contributed by atoms with Crippen molar-refractivity contribution in [2.75, 3.05) is 14.7 Å². The summed E-state index contributed by atoms with van der Waals surface area (Å²) < 4.78 is 7.52. The van der Waals surface area contributed by atoms with Gasteiger partial charge >= 0.3 is 0 Å². The molecule has 0 fully saturated rings. The molecule has 0 atom stereocenters. The summed E-state index contributed by atoms with van der Waals surface area (Å²) in [5.41, 5.74) is 24.1. The fourth-order valence-corrected chi connectivity index (χ4v) is 13.5. The number of hydrogen-bond acceptors (Lipinski definition) is 4. The van der Waals surface area contributed by atoms with Crippen molar-refractivity contribution in [1.82, 2.24) is 0 Å². The molecule has 75 heavy (non-hydrogen) atoms. The SMILES string of the molecule is CC(C)(C)c1ccc(N2c3cc(N(c4ccccc4)c4ccccc4)cc4c3B(c3cc5c(cc3N4c3ccc4c(c3)C(C)(C)CCC4(C)C)C(C)(C)CCC5(C)C)c3oc4ccccc4c32)c(-c2ccccc2)c1. The van der Waals surface area contributed by atoms with Crippen molar-refractivity contribution in [3.05, 3.63) is 204 Å². The summed E-state index contributed by atoms with van der Waals surface area (Å²) >= 11 is 0. The maximum absolute atomic E-state index is 7.52. The zero-order valence-electron chi connectivity index (χ0n) is 45.9. The first-order chi connectivity index (χ1) is 35.8. The van der Waals surface area contributed by atoms with Gasteiger partial charge in [0.25, 0.3) is 6.71 Å². The third-order valence-corrected chi connectivity index (χ3v) is 18.1. The molecule has 0 spiro atoms. The summed E-state index contributed by atoms with van der Waals surface area (Å²) in [4.78, 5) is 7.72. The summed E-state index contributed by atoms with van der Waals surface area (Å²) in [6, 6.07) is 66.6. The van der Waals surface area contributed by atoms with E-state index >= 15 is 0 Å². The molecule has 374 valence electrons. The Labute approximate surface area is 446 Å². The maximum Gasteiger partial charge on any atom is 0.297 e. The van der Waals surface area contributed by atoms with Gasteiger partial charge in [0.2, 0.25) is 0 Å². The molecule has 0 bridgehead atoms. The van der Waals surface area contributed by atoms with Crippen LogP contribution in [-0.4, -0.2) is 6.71 Å². The highest BCUT2D eigenvalue weighted by molar-refractivity contribution is 7.00. The van der Waals surface area contributed by atoms with E-state index in [9.17, 15) is 0 Å². The molecule has 2 aliphatic carbocycles. The molecule has 5 heteroatoms. The number of fused-ring (bicyclic) bond motifs is 8. The second-order valence-electron chi connectivity index (χ2n) is 25.9. The number of rotatable bonds is 6. The summed E-state index contributed by atoms with van der Waals surface area (Å²) in [5, 5.41) is 1.11. The molecule has 9 aromatic rings. The van der Waals surface area contributed by atoms with Crippen LogP contribution in [0.3, 0.4) is 0 Å². The Kier molecular flexibility index (Phi) is 10.5. The molecule has 8 aromatic carbocycles. The molecule has 4 nitrogen and oxygen atoms in total. The van der Waals surface area contributed by atoms with E-state index in [1.54, 1.807) is 0 Å². The monoisotopic (exact) mass is 980 g/mol. The fourth-order valence-electron chi connectivity index (χ4n) is 13.5. The summed E-state index contributed by atoms with van der Waals surface area (Å²) in [6.07, 6.45) is 4.57. The predicted octanol–water partition coefficient (Wildman–Crippen LogP) is 17.6. The molecule has 0 saturated carbocycles. The predicted molar refractivity (Wildman–Crippen MR) is 320 cm³/mol. The van der Waals surface area contributed by atoms with E-state index in [2.05, 4.69) is 267 Å². The van der Waals surface area contributed by atoms with Gasteiger partial charge in [0.15, 0.2) is 0 Å². The molecular weight excluding hydrogens is 910 g/mol. The van der Waals surface area contributed by atoms with Crippen molar-refractivity contribution < 1.29 is 4.42 Å². The molecule has 0 amide bonds. The number of furan rings is 1. The van der Waals surface area contributed by atoms with E-state index in [4.69, 9.17) is 4.42 Å². The van der Waals surface area contributed by atoms with Crippen molar-refractivity contribution in [2.45, 2.75) is 129 Å². The number of nitrogens with zero attached hydrogens (tertiary/aromatic N) is 3. The molecule has 0 unspecified atom stereocenters. The first-order valence-corrected chi connectivity index (χ1v) is 27.5. The minimum atomic E-state index is -0.205. The Balaban J connectivity index is 1.21. The van der Waals surface area contributed by atoms with Gasteiger partial charge in [-0.05, 0) is 176 Å². The first kappa shape index (κ1) is 47.5. The van der Waals surface area contributed by atoms with E-state index in [-0.39, 0.29) is 33.8 Å². The first-order valence-electron chi connectivity index (χ1n) is 27.5. The lowest BCUT2D eigenvalue weighted by Crippen LogP contribution is -2.61. The van der Waals surface area contributed by atoms with Crippen LogP contribution in [0.1, 0.15) is 130 Å². The average Bonchev–Trinajstić information content (AvgIpc) is 3.81. The van der Waals surface area contributed by atoms with Crippen molar-refractivity contribution in [1.29, 1.82) is 0 Å². The normalized spacial score (nSPS) is 17.4. The van der Waals surface area contributed by atoms with E-state index in [1.807, 2.05) is 0 Å². The quantitative estimate of drug-likeness (QED) is 0.155. The lowest BCUT2D eigenvalue weighted by Gasteiger charge is -2.47. The van der Waals surface area contributed by atoms with Crippen molar-refractivity contribution in [3.63, 3.8) is 0 Å². The molecule has 3 heterocycles. The van der Waals surface area contributed by atoms with Gasteiger partial charge in [0.05, 0.1) is 22.7 Å². The summed E-state index contributed by atoms with van der Waals surface area (Å²) in [5.74, 6) is 0. The van der Waals surface area contributed by atoms with Gasteiger partial charge in [-0.3, -0.25) is 0 Å². The highest BCUT2D eigenvalue weighted by Gasteiger charge is 2.50. The molecule has 0 radical (unpaired) electrons. The van der Waals surface area contributed by atoms with E-state index in [0.29, 0.717) is 0 Å². The molecule has 0 saturated heterocycles. The largest absolute Gasteiger partial charge is 0.468 e. The van der Waals surface area contributed by atoms with Crippen LogP contribution in [0.5, 0.6) is 0 Å². The molecular formula is C70H70BN3O. The second kappa shape index (κ2) is 16.6. The van der Waals surface area contributed by atoms with Crippen LogP contribution >= 0.6 is 0 Å². The van der Waals surface area contributed by atoms with Gasteiger partial charge in [-0.15, -0.1) is 0 Å². The minimum absolute atomic E-state index is 0.00953. The van der Waals surface area contributed by atoms with Gasteiger partial charge in [0.1, 0.15) is 5.58 Å². The molecule has 4 aliphatic rings. The lowest BCUT2D eigenvalue weighted by molar-refractivity contribution is 0.332. The van der Waals surface area contributed by atoms with Gasteiger partial charge in [-0.25, -0.2) is 0 Å². The van der Waals surface area contributed by atoms with Crippen LogP contribution in [0.15, 0.2) is 180 Å². The Bertz CT molecular complexity index is 3690. The van der Waals surface area contributed by atoms with E-state index in [0.717, 1.165) is 70.0 Å². The number of para-hydroxylation sites is 3. The highest BCUT2D eigenvalue weighted by atomic mass is 16.3. The zero-order valence-corrected chi connectivity index (χ0v) is 45.9. The fraction of sp³-hybridized carbons (Fsp3) is 0.286. The molecule has 1 aromatic heterocycles. The van der Waals surface area contributed by atoms with Crippen LogP contribution in [-0.2, 0) is 27.1 Å². The second-order valence-corrected chi connectivity index (χ2v) is 25.9. The molecule has 0 N–H and O–H groups in total. The van der Waals surface area contributed by atoms with Crippen LogP contribution in [0, 0.1) is 0 Å². The van der Waals surface area contributed by atoms with Crippen molar-refractivity contribution in [3.8, 4) is 11.1 Å². The number of hydrogen-bond donors (Lipinski definition) is 0. The van der Waals surface area contributed by atoms with Gasteiger partial charge in [-0.2, -0.15) is 0 Å². The van der Waals surface area contributed by atoms with E-state index < -0.39 is 0 Å². The summed E-state index contributed by atoms with van der Waals surface area (Å²) in [6.45, 7) is 26.4. The van der Waals surface area contributed by atoms with Crippen LogP contribution in [0.4, 0.5) is 51.2 Å². The minimum Gasteiger partial charge on any atom is -0.468 e. The zero-order chi connectivity index (χ0) is 52.0. The maximum atomic E-state index is 7.52. The van der Waals surface area contributed by atoms with Gasteiger partial charge in [0, 0.05) is 45.1 Å². The standard InChI is InChI=1S/C70H70BN3O/c1-66(2,3)46-31-34-58(52(39-46)45-23-15-12-16-24-45)74-61-42-50(72(47-25-17-13-18-26-47)48-27-19-14-20-28-48)41-60-63(61)71(65-64(74)51-29-21-22-30-62(51)75-65)57-43-55-56(70(10,11)38-37-69(55,8)9)44-59(57)73(60)49-32-33-53-54(40-49)68(6,7)36-35-67(53,4)5/h12-34,39-44H,35-38H2,1-11H3. The molecule has 13 rings (SSSR count). The topological polar surface area (TPSA) is 22.9 Å². The highest BCUT2D eigenvalue weighted by Crippen LogP contribution is 2.55. The van der Waals surface area contributed by atoms with Crippen LogP contribution in [0.25, 0.3) is 22.1 Å². The number of benzene rings is 8. The van der Waals surface area contributed by atoms with Crippen LogP contribution < -0.4 is 31.3 Å². The third-order valence-electron chi connectivity index (χ3n) is 18.1. The third kappa shape index (κ3) is 7.46. The average molecular weight is 980 g/mol. The Hall–Kier alpha value is -7.24. The smallest absolute Gasteiger partial charge is 0.297 e. The van der Waals surface area contributed by atoms with Crippen molar-refractivity contribution in [2.24, 2.45) is 0 Å². The Morgan fingerprint density at radius 1 is 0.467 bits per heavy atom. The Morgan fingerprint density at radius 2 is 1.00 bits per heavy atom. The Morgan fingerprint density at radius 3 is 1.61 bits per heavy atom. The molecule has 2 aliphatic heterocycles. The van der Waals surface area contributed by atoms with Crippen molar-refractivity contribution >= 4 is 85.5 Å². The lowest BCUT2D eigenvalue weighted by atomic mass is 9.35. The summed E-state index contributed by atoms with van der Waals surface area (Å²) in [7, 11) is 0. The van der Waals surface area contributed by atoms with Crippen LogP contribution in [0.2, 0.25) is 0 Å². The number of anilines is 9.